The van der Waals surface area contributed by atoms with E-state index in [0.717, 1.165) is 26.0 Å². The topological polar surface area (TPSA) is 36.3 Å². The summed E-state index contributed by atoms with van der Waals surface area (Å²) in [6.45, 7) is 2.37. The van der Waals surface area contributed by atoms with Gasteiger partial charge in [0, 0.05) is 40.7 Å². The minimum absolute atomic E-state index is 0.00341. The molecule has 1 unspecified atom stereocenters. The molecular formula is C14H17IN2O2. The molecule has 1 atom stereocenters. The van der Waals surface area contributed by atoms with Crippen LogP contribution in [0.25, 0.3) is 10.9 Å². The number of rotatable bonds is 4. The van der Waals surface area contributed by atoms with Crippen LogP contribution in [0.15, 0.2) is 24.7 Å². The molecule has 3 heterocycles. The molecule has 1 saturated heterocycles. The highest BCUT2D eigenvalue weighted by Gasteiger charge is 2.14. The van der Waals surface area contributed by atoms with Crippen LogP contribution in [-0.2, 0) is 16.0 Å². The first-order valence-corrected chi connectivity index (χ1v) is 7.74. The molecule has 3 rings (SSSR count). The van der Waals surface area contributed by atoms with E-state index in [1.54, 1.807) is 0 Å². The van der Waals surface area contributed by atoms with Crippen LogP contribution in [0.4, 0.5) is 0 Å². The van der Waals surface area contributed by atoms with E-state index >= 15 is 0 Å². The van der Waals surface area contributed by atoms with Crippen molar-refractivity contribution in [2.45, 2.75) is 32.1 Å². The second-order valence-corrected chi connectivity index (χ2v) is 5.89. The fourth-order valence-corrected chi connectivity index (χ4v) is 3.16. The second kappa shape index (κ2) is 6.19. The van der Waals surface area contributed by atoms with Crippen LogP contribution in [-0.4, -0.2) is 29.1 Å². The highest BCUT2D eigenvalue weighted by atomic mass is 127. The van der Waals surface area contributed by atoms with Crippen molar-refractivity contribution in [1.82, 2.24) is 9.55 Å². The van der Waals surface area contributed by atoms with Gasteiger partial charge in [-0.15, -0.1) is 0 Å². The molecule has 1 fully saturated rings. The summed E-state index contributed by atoms with van der Waals surface area (Å²) in [5.74, 6) is 0. The second-order valence-electron chi connectivity index (χ2n) is 4.73. The molecule has 2 aromatic rings. The molecule has 0 saturated carbocycles. The molecule has 4 nitrogen and oxygen atoms in total. The third-order valence-corrected chi connectivity index (χ3v) is 4.27. The SMILES string of the molecule is Ic1cn(CCOC2CCCCO2)c2ccncc12. The van der Waals surface area contributed by atoms with Gasteiger partial charge in [-0.05, 0) is 47.9 Å². The summed E-state index contributed by atoms with van der Waals surface area (Å²) in [6, 6.07) is 2.05. The molecule has 0 amide bonds. The van der Waals surface area contributed by atoms with Gasteiger partial charge in [-0.25, -0.2) is 0 Å². The molecular weight excluding hydrogens is 355 g/mol. The molecule has 0 spiro atoms. The van der Waals surface area contributed by atoms with Crippen LogP contribution in [0.1, 0.15) is 19.3 Å². The fourth-order valence-electron chi connectivity index (χ4n) is 2.41. The lowest BCUT2D eigenvalue weighted by atomic mass is 10.2. The fraction of sp³-hybridized carbons (Fsp3) is 0.500. The Morgan fingerprint density at radius 2 is 2.42 bits per heavy atom. The molecule has 19 heavy (non-hydrogen) atoms. The van der Waals surface area contributed by atoms with Gasteiger partial charge < -0.3 is 14.0 Å². The summed E-state index contributed by atoms with van der Waals surface area (Å²) in [6.07, 6.45) is 9.29. The van der Waals surface area contributed by atoms with Crippen molar-refractivity contribution in [3.63, 3.8) is 0 Å². The van der Waals surface area contributed by atoms with Crippen LogP contribution < -0.4 is 0 Å². The first kappa shape index (κ1) is 13.3. The molecule has 5 heteroatoms. The highest BCUT2D eigenvalue weighted by molar-refractivity contribution is 14.1. The smallest absolute Gasteiger partial charge is 0.157 e. The molecule has 2 aromatic heterocycles. The van der Waals surface area contributed by atoms with Gasteiger partial charge in [0.15, 0.2) is 6.29 Å². The summed E-state index contributed by atoms with van der Waals surface area (Å²) in [5.41, 5.74) is 1.22. The van der Waals surface area contributed by atoms with Crippen molar-refractivity contribution in [2.24, 2.45) is 0 Å². The molecule has 0 aromatic carbocycles. The summed E-state index contributed by atoms with van der Waals surface area (Å²) in [5, 5.41) is 1.21. The Hall–Kier alpha value is -0.660. The largest absolute Gasteiger partial charge is 0.353 e. The number of halogens is 1. The number of ether oxygens (including phenoxy) is 2. The van der Waals surface area contributed by atoms with Crippen LogP contribution in [0.3, 0.4) is 0 Å². The molecule has 0 aliphatic carbocycles. The van der Waals surface area contributed by atoms with Crippen molar-refractivity contribution >= 4 is 33.5 Å². The van der Waals surface area contributed by atoms with Crippen molar-refractivity contribution in [2.75, 3.05) is 13.2 Å². The maximum absolute atomic E-state index is 5.78. The van der Waals surface area contributed by atoms with Crippen molar-refractivity contribution in [3.8, 4) is 0 Å². The predicted molar refractivity (Wildman–Crippen MR) is 82.0 cm³/mol. The van der Waals surface area contributed by atoms with Crippen LogP contribution in [0, 0.1) is 3.57 Å². The zero-order chi connectivity index (χ0) is 13.1. The average molecular weight is 372 g/mol. The molecule has 0 bridgehead atoms. The number of hydrogen-bond acceptors (Lipinski definition) is 3. The molecule has 1 aliphatic heterocycles. The minimum atomic E-state index is -0.00341. The Labute approximate surface area is 126 Å². The van der Waals surface area contributed by atoms with Gasteiger partial charge in [0.05, 0.1) is 12.1 Å². The quantitative estimate of drug-likeness (QED) is 0.774. The van der Waals surface area contributed by atoms with Gasteiger partial charge >= 0.3 is 0 Å². The lowest BCUT2D eigenvalue weighted by Gasteiger charge is -2.22. The van der Waals surface area contributed by atoms with E-state index in [-0.39, 0.29) is 6.29 Å². The predicted octanol–water partition coefficient (Wildman–Crippen LogP) is 3.18. The van der Waals surface area contributed by atoms with Gasteiger partial charge in [0.2, 0.25) is 0 Å². The molecule has 1 aliphatic rings. The number of fused-ring (bicyclic) bond motifs is 1. The van der Waals surface area contributed by atoms with Crippen LogP contribution in [0.5, 0.6) is 0 Å². The molecule has 0 N–H and O–H groups in total. The maximum Gasteiger partial charge on any atom is 0.157 e. The van der Waals surface area contributed by atoms with E-state index in [4.69, 9.17) is 9.47 Å². The van der Waals surface area contributed by atoms with Gasteiger partial charge in [-0.2, -0.15) is 0 Å². The standard InChI is InChI=1S/C14H17IN2O2/c15-12-10-17(13-4-5-16-9-11(12)13)6-8-19-14-3-1-2-7-18-14/h4-5,9-10,14H,1-3,6-8H2. The van der Waals surface area contributed by atoms with Gasteiger partial charge in [-0.3, -0.25) is 4.98 Å². The van der Waals surface area contributed by atoms with Gasteiger partial charge in [0.1, 0.15) is 0 Å². The number of aromatic nitrogens is 2. The van der Waals surface area contributed by atoms with E-state index in [1.807, 2.05) is 12.4 Å². The number of hydrogen-bond donors (Lipinski definition) is 0. The lowest BCUT2D eigenvalue weighted by molar-refractivity contribution is -0.163. The first-order valence-electron chi connectivity index (χ1n) is 6.66. The molecule has 102 valence electrons. The third kappa shape index (κ3) is 3.09. The minimum Gasteiger partial charge on any atom is -0.353 e. The zero-order valence-electron chi connectivity index (χ0n) is 10.7. The summed E-state index contributed by atoms with van der Waals surface area (Å²) >= 11 is 2.35. The summed E-state index contributed by atoms with van der Waals surface area (Å²) < 4.78 is 14.8. The Morgan fingerprint density at radius 3 is 3.26 bits per heavy atom. The third-order valence-electron chi connectivity index (χ3n) is 3.41. The van der Waals surface area contributed by atoms with Crippen molar-refractivity contribution in [1.29, 1.82) is 0 Å². The Balaban J connectivity index is 1.62. The highest BCUT2D eigenvalue weighted by Crippen LogP contribution is 2.22. The number of nitrogens with zero attached hydrogens (tertiary/aromatic N) is 2. The molecule has 0 radical (unpaired) electrons. The van der Waals surface area contributed by atoms with E-state index in [9.17, 15) is 0 Å². The Kier molecular flexibility index (Phi) is 4.35. The Morgan fingerprint density at radius 1 is 1.47 bits per heavy atom. The summed E-state index contributed by atoms with van der Waals surface area (Å²) in [4.78, 5) is 4.17. The zero-order valence-corrected chi connectivity index (χ0v) is 12.9. The van der Waals surface area contributed by atoms with Crippen LogP contribution >= 0.6 is 22.6 Å². The van der Waals surface area contributed by atoms with Crippen molar-refractivity contribution < 1.29 is 9.47 Å². The lowest BCUT2D eigenvalue weighted by Crippen LogP contribution is -2.23. The summed E-state index contributed by atoms with van der Waals surface area (Å²) in [7, 11) is 0. The average Bonchev–Trinajstić information content (AvgIpc) is 2.78. The van der Waals surface area contributed by atoms with E-state index < -0.39 is 0 Å². The number of pyridine rings is 1. The van der Waals surface area contributed by atoms with Gasteiger partial charge in [-0.1, -0.05) is 0 Å². The normalized spacial score (nSPS) is 19.9. The van der Waals surface area contributed by atoms with Crippen molar-refractivity contribution in [3.05, 3.63) is 28.2 Å². The monoisotopic (exact) mass is 372 g/mol. The van der Waals surface area contributed by atoms with E-state index in [1.165, 1.54) is 20.9 Å². The van der Waals surface area contributed by atoms with E-state index in [0.29, 0.717) is 6.61 Å². The maximum atomic E-state index is 5.78. The van der Waals surface area contributed by atoms with E-state index in [2.05, 4.69) is 44.4 Å². The van der Waals surface area contributed by atoms with Gasteiger partial charge in [0.25, 0.3) is 0 Å². The Bertz CT molecular complexity index is 549. The van der Waals surface area contributed by atoms with Crippen LogP contribution in [0.2, 0.25) is 0 Å². The first-order chi connectivity index (χ1) is 9.34.